The summed E-state index contributed by atoms with van der Waals surface area (Å²) in [5.74, 6) is -0.833. The first-order valence-electron chi connectivity index (χ1n) is 12.6. The number of ether oxygens (including phenoxy) is 1. The van der Waals surface area contributed by atoms with Gasteiger partial charge in [-0.1, -0.05) is 43.4 Å². The lowest BCUT2D eigenvalue weighted by molar-refractivity contribution is -0.607. The summed E-state index contributed by atoms with van der Waals surface area (Å²) in [5, 5.41) is 15.6. The molecule has 0 saturated carbocycles. The van der Waals surface area contributed by atoms with Gasteiger partial charge < -0.3 is 20.2 Å². The lowest BCUT2D eigenvalue weighted by atomic mass is 10.0. The fourth-order valence-corrected chi connectivity index (χ4v) is 7.77. The van der Waals surface area contributed by atoms with Gasteiger partial charge in [-0.05, 0) is 36.3 Å². The van der Waals surface area contributed by atoms with E-state index in [4.69, 9.17) is 4.74 Å². The highest BCUT2D eigenvalue weighted by atomic mass is 32.2. The van der Waals surface area contributed by atoms with Gasteiger partial charge in [0.15, 0.2) is 23.2 Å². The van der Waals surface area contributed by atoms with Gasteiger partial charge in [-0.2, -0.15) is 9.04 Å². The number of Topliss-reactive ketones (excluding diaryl/α,β-unsaturated/α-hetero) is 1. The summed E-state index contributed by atoms with van der Waals surface area (Å²) in [7, 11) is -4.14. The van der Waals surface area contributed by atoms with Crippen LogP contribution in [0.2, 0.25) is 0 Å². The van der Waals surface area contributed by atoms with Crippen LogP contribution in [0.3, 0.4) is 0 Å². The molecule has 2 aliphatic rings. The number of likely N-dealkylation sites (tertiary alicyclic amines) is 1. The van der Waals surface area contributed by atoms with E-state index in [1.165, 1.54) is 34.6 Å². The Morgan fingerprint density at radius 2 is 2.00 bits per heavy atom. The van der Waals surface area contributed by atoms with Gasteiger partial charge in [0.1, 0.15) is 17.0 Å². The molecular weight excluding hydrogens is 544 g/mol. The average molecular weight is 573 g/mol. The van der Waals surface area contributed by atoms with Crippen LogP contribution >= 0.6 is 11.3 Å². The molecule has 13 heteroatoms. The zero-order chi connectivity index (χ0) is 27.9. The van der Waals surface area contributed by atoms with Crippen LogP contribution in [0.5, 0.6) is 5.06 Å². The maximum absolute atomic E-state index is 13.7. The van der Waals surface area contributed by atoms with Crippen LogP contribution in [0.15, 0.2) is 59.8 Å². The van der Waals surface area contributed by atoms with Crippen LogP contribution in [0.4, 0.5) is 4.79 Å². The molecule has 1 aromatic carbocycles. The lowest BCUT2D eigenvalue weighted by Gasteiger charge is -2.28. The molecule has 4 heterocycles. The van der Waals surface area contributed by atoms with E-state index >= 15 is 0 Å². The fraction of sp³-hybridized carbons (Fsp3) is 0.385. The predicted octanol–water partition coefficient (Wildman–Crippen LogP) is 2.28. The van der Waals surface area contributed by atoms with Crippen molar-refractivity contribution >= 4 is 49.2 Å². The van der Waals surface area contributed by atoms with Crippen molar-refractivity contribution in [2.24, 2.45) is 5.92 Å². The summed E-state index contributed by atoms with van der Waals surface area (Å²) in [6.45, 7) is 3.57. The molecule has 0 spiro atoms. The molecule has 206 valence electrons. The third kappa shape index (κ3) is 5.34. The molecule has 3 unspecified atom stereocenters. The maximum atomic E-state index is 13.7. The highest BCUT2D eigenvalue weighted by molar-refractivity contribution is 7.89. The second-order valence-electron chi connectivity index (χ2n) is 10.1. The summed E-state index contributed by atoms with van der Waals surface area (Å²) in [5.41, 5.74) is 0. The average Bonchev–Trinajstić information content (AvgIpc) is 3.57. The molecule has 2 aliphatic heterocycles. The molecule has 3 atom stereocenters. The number of nitrogens with zero attached hydrogens (tertiary/aromatic N) is 3. The summed E-state index contributed by atoms with van der Waals surface area (Å²) < 4.78 is 34.4. The summed E-state index contributed by atoms with van der Waals surface area (Å²) in [4.78, 5) is 40.6. The van der Waals surface area contributed by atoms with E-state index in [0.717, 1.165) is 20.6 Å². The normalized spacial score (nSPS) is 20.4. The number of carbonyl (C=O) groups excluding carboxylic acids is 3. The number of hydrogen-bond acceptors (Lipinski definition) is 8. The van der Waals surface area contributed by atoms with Gasteiger partial charge in [-0.15, -0.1) is 0 Å². The van der Waals surface area contributed by atoms with Gasteiger partial charge in [-0.3, -0.25) is 9.59 Å². The van der Waals surface area contributed by atoms with Gasteiger partial charge >= 0.3 is 6.09 Å². The van der Waals surface area contributed by atoms with E-state index in [1.54, 1.807) is 6.07 Å². The van der Waals surface area contributed by atoms with Crippen molar-refractivity contribution in [3.63, 3.8) is 0 Å². The Morgan fingerprint density at radius 1 is 1.23 bits per heavy atom. The molecule has 0 radical (unpaired) electrons. The second kappa shape index (κ2) is 10.5. The number of fused-ring (bicyclic) bond motifs is 2. The van der Waals surface area contributed by atoms with Crippen LogP contribution in [-0.2, 0) is 19.6 Å². The molecule has 2 saturated heterocycles. The number of aromatic nitrogens is 1. The van der Waals surface area contributed by atoms with Crippen molar-refractivity contribution in [1.82, 2.24) is 14.5 Å². The third-order valence-electron chi connectivity index (χ3n) is 6.91. The van der Waals surface area contributed by atoms with Crippen LogP contribution in [-0.4, -0.2) is 66.6 Å². The minimum absolute atomic E-state index is 0.0370. The van der Waals surface area contributed by atoms with E-state index in [1.807, 2.05) is 38.1 Å². The number of benzene rings is 1. The Hall–Kier alpha value is -3.55. The Labute approximate surface area is 229 Å². The fourth-order valence-electron chi connectivity index (χ4n) is 5.23. The highest BCUT2D eigenvalue weighted by Crippen LogP contribution is 2.35. The second-order valence-corrected chi connectivity index (χ2v) is 13.0. The predicted molar refractivity (Wildman–Crippen MR) is 142 cm³/mol. The first-order chi connectivity index (χ1) is 18.5. The monoisotopic (exact) mass is 572 g/mol. The smallest absolute Gasteiger partial charge is 0.414 e. The van der Waals surface area contributed by atoms with Gasteiger partial charge in [0.25, 0.3) is 0 Å². The van der Waals surface area contributed by atoms with E-state index in [-0.39, 0.29) is 23.8 Å². The third-order valence-corrected chi connectivity index (χ3v) is 9.76. The van der Waals surface area contributed by atoms with E-state index in [2.05, 4.69) is 5.32 Å². The van der Waals surface area contributed by atoms with Gasteiger partial charge in [0, 0.05) is 23.4 Å². The minimum atomic E-state index is -4.14. The SMILES string of the molecule is CC(C)CC(NC(=O)Oc1cc2ccccc2s1)C(=O)N1CCC2C1C(=O)CN2S(=O)(=O)c1ccc[n+]([O-])c1. The molecule has 0 bridgehead atoms. The highest BCUT2D eigenvalue weighted by Gasteiger charge is 2.54. The Kier molecular flexibility index (Phi) is 7.31. The van der Waals surface area contributed by atoms with Gasteiger partial charge in [0.05, 0.1) is 12.6 Å². The van der Waals surface area contributed by atoms with Gasteiger partial charge in [0.2, 0.25) is 15.9 Å². The topological polar surface area (TPSA) is 140 Å². The Balaban J connectivity index is 1.32. The van der Waals surface area contributed by atoms with Crippen LogP contribution < -0.4 is 14.8 Å². The first-order valence-corrected chi connectivity index (χ1v) is 14.8. The molecule has 11 nitrogen and oxygen atoms in total. The molecule has 0 aliphatic carbocycles. The Morgan fingerprint density at radius 3 is 2.72 bits per heavy atom. The molecular formula is C26H28N4O7S2. The Bertz CT molecular complexity index is 1500. The maximum Gasteiger partial charge on any atom is 0.414 e. The molecule has 5 rings (SSSR count). The zero-order valence-electron chi connectivity index (χ0n) is 21.3. The number of thiophene rings is 1. The molecule has 2 aromatic heterocycles. The van der Waals surface area contributed by atoms with Crippen LogP contribution in [0, 0.1) is 11.1 Å². The van der Waals surface area contributed by atoms with Crippen LogP contribution in [0.25, 0.3) is 10.1 Å². The number of hydrogen-bond donors (Lipinski definition) is 1. The van der Waals surface area contributed by atoms with Crippen molar-refractivity contribution in [3.05, 3.63) is 60.1 Å². The van der Waals surface area contributed by atoms with Crippen LogP contribution in [0.1, 0.15) is 26.7 Å². The quantitative estimate of drug-likeness (QED) is 0.338. The first kappa shape index (κ1) is 27.0. The number of nitrogens with one attached hydrogen (secondary N) is 1. The van der Waals surface area contributed by atoms with Crippen molar-refractivity contribution in [3.8, 4) is 5.06 Å². The number of carbonyl (C=O) groups is 3. The van der Waals surface area contributed by atoms with Crippen molar-refractivity contribution in [2.45, 2.75) is 49.7 Å². The zero-order valence-corrected chi connectivity index (χ0v) is 23.0. The molecule has 1 N–H and O–H groups in total. The summed E-state index contributed by atoms with van der Waals surface area (Å²) in [6, 6.07) is 9.28. The number of amides is 2. The summed E-state index contributed by atoms with van der Waals surface area (Å²) in [6.07, 6.45) is 1.88. The largest absolute Gasteiger partial charge is 0.619 e. The number of sulfonamides is 1. The van der Waals surface area contributed by atoms with E-state index in [0.29, 0.717) is 16.2 Å². The van der Waals surface area contributed by atoms with Gasteiger partial charge in [-0.25, -0.2) is 13.2 Å². The minimum Gasteiger partial charge on any atom is -0.619 e. The van der Waals surface area contributed by atoms with Crippen molar-refractivity contribution < 1.29 is 32.3 Å². The molecule has 3 aromatic rings. The lowest BCUT2D eigenvalue weighted by Crippen LogP contribution is -2.53. The number of ketones is 1. The standard InChI is InChI=1S/C26H28N4O7S2/c1-16(2)12-19(27-26(33)37-23-13-17-6-3-4-8-22(17)38-23)25(32)29-11-9-20-24(29)21(31)15-30(20)39(35,36)18-7-5-10-28(34)14-18/h3-8,10,13-14,16,19-20,24H,9,11-12,15H2,1-2H3,(H,27,33). The number of rotatable bonds is 7. The van der Waals surface area contributed by atoms with Crippen molar-refractivity contribution in [1.29, 1.82) is 0 Å². The summed E-state index contributed by atoms with van der Waals surface area (Å²) >= 11 is 1.31. The van der Waals surface area contributed by atoms with E-state index < -0.39 is 52.5 Å². The van der Waals surface area contributed by atoms with E-state index in [9.17, 15) is 28.0 Å². The molecule has 2 fully saturated rings. The van der Waals surface area contributed by atoms with Crippen molar-refractivity contribution in [2.75, 3.05) is 13.1 Å². The molecule has 39 heavy (non-hydrogen) atoms. The number of pyridine rings is 1. The molecule has 2 amide bonds.